The molecule has 1 aromatic rings. The van der Waals surface area contributed by atoms with Crippen LogP contribution in [0.15, 0.2) is 18.2 Å². The van der Waals surface area contributed by atoms with Gasteiger partial charge in [0.15, 0.2) is 0 Å². The summed E-state index contributed by atoms with van der Waals surface area (Å²) in [7, 11) is 1.93. The van der Waals surface area contributed by atoms with Crippen molar-refractivity contribution in [1.82, 2.24) is 5.32 Å². The third-order valence-electron chi connectivity index (χ3n) is 4.11. The van der Waals surface area contributed by atoms with Gasteiger partial charge < -0.3 is 15.3 Å². The lowest BCUT2D eigenvalue weighted by Gasteiger charge is -2.37. The first kappa shape index (κ1) is 15.6. The Balaban J connectivity index is 2.30. The predicted octanol–water partition coefficient (Wildman–Crippen LogP) is 3.19. The standard InChI is InChI=1S/C16H25ClN2O/c1-18-12-14-15(17)8-5-9-16(14)19(10-11-20)13-6-3-2-4-7-13/h5,8-9,13,18,20H,2-4,6-7,10-12H2,1H3. The summed E-state index contributed by atoms with van der Waals surface area (Å²) < 4.78 is 0. The van der Waals surface area contributed by atoms with Crippen LogP contribution >= 0.6 is 11.6 Å². The molecule has 1 aromatic carbocycles. The van der Waals surface area contributed by atoms with E-state index in [2.05, 4.69) is 16.3 Å². The highest BCUT2D eigenvalue weighted by Crippen LogP contribution is 2.32. The van der Waals surface area contributed by atoms with Crippen molar-refractivity contribution in [2.45, 2.75) is 44.7 Å². The van der Waals surface area contributed by atoms with Gasteiger partial charge in [0.25, 0.3) is 0 Å². The summed E-state index contributed by atoms with van der Waals surface area (Å²) in [5.41, 5.74) is 2.31. The smallest absolute Gasteiger partial charge is 0.0606 e. The molecule has 20 heavy (non-hydrogen) atoms. The molecule has 0 heterocycles. The highest BCUT2D eigenvalue weighted by atomic mass is 35.5. The summed E-state index contributed by atoms with van der Waals surface area (Å²) in [6.45, 7) is 1.62. The van der Waals surface area contributed by atoms with Gasteiger partial charge in [0.1, 0.15) is 0 Å². The molecule has 0 spiro atoms. The van der Waals surface area contributed by atoms with E-state index in [0.717, 1.165) is 17.1 Å². The summed E-state index contributed by atoms with van der Waals surface area (Å²) in [4.78, 5) is 2.36. The Morgan fingerprint density at radius 1 is 1.30 bits per heavy atom. The van der Waals surface area contributed by atoms with E-state index in [-0.39, 0.29) is 6.61 Å². The number of benzene rings is 1. The Bertz CT molecular complexity index is 419. The molecule has 0 saturated heterocycles. The quantitative estimate of drug-likeness (QED) is 0.846. The minimum atomic E-state index is 0.183. The third-order valence-corrected chi connectivity index (χ3v) is 4.47. The first-order valence-corrected chi connectivity index (χ1v) is 7.95. The Kier molecular flexibility index (Phi) is 6.14. The first-order chi connectivity index (χ1) is 9.77. The molecule has 2 rings (SSSR count). The van der Waals surface area contributed by atoms with Gasteiger partial charge in [-0.1, -0.05) is 36.9 Å². The number of nitrogens with zero attached hydrogens (tertiary/aromatic N) is 1. The van der Waals surface area contributed by atoms with Crippen molar-refractivity contribution in [2.75, 3.05) is 25.1 Å². The first-order valence-electron chi connectivity index (χ1n) is 7.57. The number of hydrogen-bond acceptors (Lipinski definition) is 3. The van der Waals surface area contributed by atoms with Crippen molar-refractivity contribution in [3.8, 4) is 0 Å². The van der Waals surface area contributed by atoms with Crippen LogP contribution in [0.5, 0.6) is 0 Å². The van der Waals surface area contributed by atoms with Gasteiger partial charge >= 0.3 is 0 Å². The number of nitrogens with one attached hydrogen (secondary N) is 1. The van der Waals surface area contributed by atoms with Gasteiger partial charge in [-0.3, -0.25) is 0 Å². The largest absolute Gasteiger partial charge is 0.395 e. The minimum Gasteiger partial charge on any atom is -0.395 e. The Morgan fingerprint density at radius 2 is 2.05 bits per heavy atom. The second-order valence-corrected chi connectivity index (χ2v) is 5.88. The van der Waals surface area contributed by atoms with Gasteiger partial charge in [-0.05, 0) is 32.0 Å². The molecule has 0 amide bonds. The molecule has 0 aliphatic heterocycles. The lowest BCUT2D eigenvalue weighted by Crippen LogP contribution is -2.39. The molecular formula is C16H25ClN2O. The van der Waals surface area contributed by atoms with E-state index in [9.17, 15) is 5.11 Å². The molecule has 3 nitrogen and oxygen atoms in total. The monoisotopic (exact) mass is 296 g/mol. The average molecular weight is 297 g/mol. The van der Waals surface area contributed by atoms with Crippen LogP contribution in [0.4, 0.5) is 5.69 Å². The molecule has 0 aromatic heterocycles. The highest BCUT2D eigenvalue weighted by Gasteiger charge is 2.23. The van der Waals surface area contributed by atoms with Crippen molar-refractivity contribution in [3.63, 3.8) is 0 Å². The molecule has 0 atom stereocenters. The Hall–Kier alpha value is -0.770. The van der Waals surface area contributed by atoms with Crippen LogP contribution in [0.1, 0.15) is 37.7 Å². The maximum atomic E-state index is 9.43. The fourth-order valence-corrected chi connectivity index (χ4v) is 3.40. The number of halogens is 1. The zero-order chi connectivity index (χ0) is 14.4. The van der Waals surface area contributed by atoms with Crippen molar-refractivity contribution >= 4 is 17.3 Å². The van der Waals surface area contributed by atoms with Crippen molar-refractivity contribution in [2.24, 2.45) is 0 Å². The van der Waals surface area contributed by atoms with Crippen LogP contribution in [0.25, 0.3) is 0 Å². The van der Waals surface area contributed by atoms with Crippen LogP contribution in [0, 0.1) is 0 Å². The average Bonchev–Trinajstić information content (AvgIpc) is 2.48. The van der Waals surface area contributed by atoms with Crippen molar-refractivity contribution in [1.29, 1.82) is 0 Å². The summed E-state index contributed by atoms with van der Waals surface area (Å²) in [6.07, 6.45) is 6.34. The molecule has 1 saturated carbocycles. The lowest BCUT2D eigenvalue weighted by molar-refractivity contribution is 0.290. The summed E-state index contributed by atoms with van der Waals surface area (Å²) in [5.74, 6) is 0. The second kappa shape index (κ2) is 7.87. The molecule has 0 unspecified atom stereocenters. The van der Waals surface area contributed by atoms with Gasteiger partial charge in [0, 0.05) is 35.4 Å². The van der Waals surface area contributed by atoms with E-state index in [4.69, 9.17) is 11.6 Å². The van der Waals surface area contributed by atoms with E-state index in [0.29, 0.717) is 12.6 Å². The normalized spacial score (nSPS) is 16.4. The van der Waals surface area contributed by atoms with Crippen LogP contribution in [-0.4, -0.2) is 31.3 Å². The highest BCUT2D eigenvalue weighted by molar-refractivity contribution is 6.31. The molecule has 1 aliphatic rings. The molecular weight excluding hydrogens is 272 g/mol. The molecule has 4 heteroatoms. The zero-order valence-electron chi connectivity index (χ0n) is 12.2. The van der Waals surface area contributed by atoms with E-state index in [1.807, 2.05) is 19.2 Å². The molecule has 1 aliphatic carbocycles. The molecule has 2 N–H and O–H groups in total. The number of anilines is 1. The number of aliphatic hydroxyl groups excluding tert-OH is 1. The van der Waals surface area contributed by atoms with Crippen LogP contribution in [-0.2, 0) is 6.54 Å². The SMILES string of the molecule is CNCc1c(Cl)cccc1N(CCO)C1CCCCC1. The maximum Gasteiger partial charge on any atom is 0.0606 e. The summed E-state index contributed by atoms with van der Waals surface area (Å²) >= 11 is 6.36. The molecule has 0 bridgehead atoms. The van der Waals surface area contributed by atoms with Gasteiger partial charge in [0.05, 0.1) is 6.61 Å². The predicted molar refractivity (Wildman–Crippen MR) is 85.5 cm³/mol. The van der Waals surface area contributed by atoms with Crippen LogP contribution in [0.3, 0.4) is 0 Å². The van der Waals surface area contributed by atoms with E-state index in [1.54, 1.807) is 0 Å². The van der Waals surface area contributed by atoms with E-state index in [1.165, 1.54) is 37.8 Å². The van der Waals surface area contributed by atoms with Crippen molar-refractivity contribution < 1.29 is 5.11 Å². The molecule has 112 valence electrons. The molecule has 1 fully saturated rings. The minimum absolute atomic E-state index is 0.183. The van der Waals surface area contributed by atoms with Gasteiger partial charge in [-0.2, -0.15) is 0 Å². The Morgan fingerprint density at radius 3 is 2.70 bits per heavy atom. The molecule has 0 radical (unpaired) electrons. The maximum absolute atomic E-state index is 9.43. The van der Waals surface area contributed by atoms with E-state index >= 15 is 0 Å². The second-order valence-electron chi connectivity index (χ2n) is 5.48. The van der Waals surface area contributed by atoms with Crippen LogP contribution < -0.4 is 10.2 Å². The Labute approximate surface area is 126 Å². The van der Waals surface area contributed by atoms with Crippen LogP contribution in [0.2, 0.25) is 5.02 Å². The number of aliphatic hydroxyl groups is 1. The third kappa shape index (κ3) is 3.66. The topological polar surface area (TPSA) is 35.5 Å². The van der Waals surface area contributed by atoms with E-state index < -0.39 is 0 Å². The number of rotatable bonds is 6. The number of hydrogen-bond donors (Lipinski definition) is 2. The fraction of sp³-hybridized carbons (Fsp3) is 0.625. The van der Waals surface area contributed by atoms with Gasteiger partial charge in [0.2, 0.25) is 0 Å². The van der Waals surface area contributed by atoms with Gasteiger partial charge in [-0.15, -0.1) is 0 Å². The van der Waals surface area contributed by atoms with Crippen molar-refractivity contribution in [3.05, 3.63) is 28.8 Å². The summed E-state index contributed by atoms with van der Waals surface area (Å²) in [6, 6.07) is 6.60. The summed E-state index contributed by atoms with van der Waals surface area (Å²) in [5, 5.41) is 13.4. The fourth-order valence-electron chi connectivity index (χ4n) is 3.17. The van der Waals surface area contributed by atoms with Gasteiger partial charge in [-0.25, -0.2) is 0 Å². The zero-order valence-corrected chi connectivity index (χ0v) is 13.0. The lowest BCUT2D eigenvalue weighted by atomic mass is 9.93.